The lowest BCUT2D eigenvalue weighted by molar-refractivity contribution is 0.0598. The van der Waals surface area contributed by atoms with E-state index in [1.807, 2.05) is 17.9 Å². The summed E-state index contributed by atoms with van der Waals surface area (Å²) in [5.41, 5.74) is 4.15. The van der Waals surface area contributed by atoms with E-state index in [9.17, 15) is 0 Å². The Kier molecular flexibility index (Phi) is 4.60. The van der Waals surface area contributed by atoms with Gasteiger partial charge in [-0.25, -0.2) is 5.43 Å². The van der Waals surface area contributed by atoms with Crippen molar-refractivity contribution in [3.8, 4) is 0 Å². The topological polar surface area (TPSA) is 59.1 Å². The molecule has 0 aromatic carbocycles. The van der Waals surface area contributed by atoms with Crippen molar-refractivity contribution in [3.05, 3.63) is 18.0 Å². The second-order valence-electron chi connectivity index (χ2n) is 5.52. The molecular formula is C14H27N5. The van der Waals surface area contributed by atoms with E-state index in [4.69, 9.17) is 5.84 Å². The van der Waals surface area contributed by atoms with Crippen LogP contribution in [0.15, 0.2) is 12.3 Å². The fourth-order valence-electron chi connectivity index (χ4n) is 3.55. The molecule has 1 aliphatic rings. The number of nitrogens with zero attached hydrogens (tertiary/aromatic N) is 3. The Morgan fingerprint density at radius 1 is 1.37 bits per heavy atom. The first kappa shape index (κ1) is 14.5. The molecule has 19 heavy (non-hydrogen) atoms. The highest BCUT2D eigenvalue weighted by Crippen LogP contribution is 2.38. The van der Waals surface area contributed by atoms with E-state index in [1.54, 1.807) is 0 Å². The number of aromatic nitrogens is 2. The van der Waals surface area contributed by atoms with Gasteiger partial charge in [-0.3, -0.25) is 15.4 Å². The van der Waals surface area contributed by atoms with Crippen LogP contribution in [0.5, 0.6) is 0 Å². The lowest BCUT2D eigenvalue weighted by Gasteiger charge is -2.46. The van der Waals surface area contributed by atoms with Crippen molar-refractivity contribution < 1.29 is 0 Å². The fraction of sp³-hybridized carbons (Fsp3) is 0.786. The van der Waals surface area contributed by atoms with Gasteiger partial charge in [0, 0.05) is 18.8 Å². The molecule has 5 heteroatoms. The standard InChI is InChI=1S/C14H27N5/c1-4-14(5-2,19-9-6-7-10-19)13(16-15)12-8-11-18(3)17-12/h8,11,13,16H,4-7,9-10,15H2,1-3H3. The monoisotopic (exact) mass is 265 g/mol. The predicted molar refractivity (Wildman–Crippen MR) is 77.4 cm³/mol. The van der Waals surface area contributed by atoms with E-state index >= 15 is 0 Å². The first-order chi connectivity index (χ1) is 9.17. The largest absolute Gasteiger partial charge is 0.296 e. The van der Waals surface area contributed by atoms with Gasteiger partial charge in [0.2, 0.25) is 0 Å². The molecule has 108 valence electrons. The summed E-state index contributed by atoms with van der Waals surface area (Å²) in [7, 11) is 1.95. The summed E-state index contributed by atoms with van der Waals surface area (Å²) in [6.45, 7) is 6.86. The van der Waals surface area contributed by atoms with Gasteiger partial charge in [0.05, 0.1) is 11.7 Å². The molecule has 1 aromatic heterocycles. The molecule has 0 aliphatic carbocycles. The first-order valence-electron chi connectivity index (χ1n) is 7.38. The average Bonchev–Trinajstić information content (AvgIpc) is 3.07. The van der Waals surface area contributed by atoms with Crippen LogP contribution in [-0.4, -0.2) is 33.3 Å². The van der Waals surface area contributed by atoms with Gasteiger partial charge in [0.15, 0.2) is 0 Å². The summed E-state index contributed by atoms with van der Waals surface area (Å²) in [5.74, 6) is 5.89. The van der Waals surface area contributed by atoms with E-state index in [2.05, 4.69) is 35.3 Å². The molecule has 0 amide bonds. The number of hydrogen-bond donors (Lipinski definition) is 2. The van der Waals surface area contributed by atoms with Crippen LogP contribution in [-0.2, 0) is 7.05 Å². The van der Waals surface area contributed by atoms with Crippen molar-refractivity contribution in [1.82, 2.24) is 20.1 Å². The van der Waals surface area contributed by atoms with Crippen molar-refractivity contribution in [2.24, 2.45) is 12.9 Å². The number of nitrogens with two attached hydrogens (primary N) is 1. The van der Waals surface area contributed by atoms with Crippen LogP contribution in [0.25, 0.3) is 0 Å². The van der Waals surface area contributed by atoms with Crippen molar-refractivity contribution in [2.45, 2.75) is 51.1 Å². The van der Waals surface area contributed by atoms with Crippen molar-refractivity contribution in [1.29, 1.82) is 0 Å². The van der Waals surface area contributed by atoms with E-state index in [0.29, 0.717) is 0 Å². The zero-order valence-corrected chi connectivity index (χ0v) is 12.4. The van der Waals surface area contributed by atoms with Gasteiger partial charge in [0.25, 0.3) is 0 Å². The molecule has 0 spiro atoms. The number of hydrazine groups is 1. The molecule has 0 saturated carbocycles. The summed E-state index contributed by atoms with van der Waals surface area (Å²) in [4.78, 5) is 2.60. The van der Waals surface area contributed by atoms with E-state index in [1.165, 1.54) is 25.9 Å². The van der Waals surface area contributed by atoms with Crippen LogP contribution in [0.1, 0.15) is 51.3 Å². The normalized spacial score (nSPS) is 18.9. The van der Waals surface area contributed by atoms with Gasteiger partial charge >= 0.3 is 0 Å². The van der Waals surface area contributed by atoms with Crippen molar-refractivity contribution in [3.63, 3.8) is 0 Å². The summed E-state index contributed by atoms with van der Waals surface area (Å²) in [5, 5.41) is 4.56. The maximum Gasteiger partial charge on any atom is 0.0833 e. The summed E-state index contributed by atoms with van der Waals surface area (Å²) >= 11 is 0. The SMILES string of the molecule is CCC(CC)(C(NN)c1ccn(C)n1)N1CCCC1. The van der Waals surface area contributed by atoms with Crippen LogP contribution in [0.2, 0.25) is 0 Å². The third-order valence-corrected chi connectivity index (χ3v) is 4.69. The van der Waals surface area contributed by atoms with Crippen molar-refractivity contribution in [2.75, 3.05) is 13.1 Å². The molecule has 2 rings (SSSR count). The highest BCUT2D eigenvalue weighted by molar-refractivity contribution is 5.14. The van der Waals surface area contributed by atoms with Crippen LogP contribution < -0.4 is 11.3 Å². The molecule has 1 aromatic rings. The smallest absolute Gasteiger partial charge is 0.0833 e. The van der Waals surface area contributed by atoms with E-state index < -0.39 is 0 Å². The molecule has 0 radical (unpaired) electrons. The number of aryl methyl sites for hydroxylation is 1. The molecular weight excluding hydrogens is 238 g/mol. The zero-order valence-electron chi connectivity index (χ0n) is 12.4. The molecule has 2 heterocycles. The molecule has 0 bridgehead atoms. The van der Waals surface area contributed by atoms with Gasteiger partial charge in [-0.05, 0) is 44.8 Å². The highest BCUT2D eigenvalue weighted by Gasteiger charge is 2.43. The van der Waals surface area contributed by atoms with E-state index in [-0.39, 0.29) is 11.6 Å². The van der Waals surface area contributed by atoms with Gasteiger partial charge in [-0.15, -0.1) is 0 Å². The highest BCUT2D eigenvalue weighted by atomic mass is 15.3. The lowest BCUT2D eigenvalue weighted by atomic mass is 9.81. The quantitative estimate of drug-likeness (QED) is 0.605. The maximum atomic E-state index is 5.89. The zero-order chi connectivity index (χ0) is 13.9. The van der Waals surface area contributed by atoms with Crippen LogP contribution in [0.4, 0.5) is 0 Å². The molecule has 1 unspecified atom stereocenters. The third kappa shape index (κ3) is 2.55. The second-order valence-corrected chi connectivity index (χ2v) is 5.52. The minimum absolute atomic E-state index is 0.0691. The Balaban J connectivity index is 2.34. The molecule has 1 atom stereocenters. The Morgan fingerprint density at radius 3 is 2.42 bits per heavy atom. The number of nitrogens with one attached hydrogen (secondary N) is 1. The Bertz CT molecular complexity index is 390. The number of likely N-dealkylation sites (tertiary alicyclic amines) is 1. The minimum Gasteiger partial charge on any atom is -0.296 e. The molecule has 3 N–H and O–H groups in total. The Labute approximate surface area is 116 Å². The number of rotatable bonds is 6. The molecule has 1 aliphatic heterocycles. The Morgan fingerprint density at radius 2 is 2.00 bits per heavy atom. The lowest BCUT2D eigenvalue weighted by Crippen LogP contribution is -2.56. The summed E-state index contributed by atoms with van der Waals surface area (Å²) in [6.07, 6.45) is 6.73. The first-order valence-corrected chi connectivity index (χ1v) is 7.38. The van der Waals surface area contributed by atoms with Gasteiger partial charge in [0.1, 0.15) is 0 Å². The summed E-state index contributed by atoms with van der Waals surface area (Å²) < 4.78 is 1.85. The summed E-state index contributed by atoms with van der Waals surface area (Å²) in [6, 6.07) is 2.16. The second kappa shape index (κ2) is 6.03. The average molecular weight is 265 g/mol. The maximum absolute atomic E-state index is 5.89. The predicted octanol–water partition coefficient (Wildman–Crippen LogP) is 1.58. The number of hydrogen-bond acceptors (Lipinski definition) is 4. The molecule has 5 nitrogen and oxygen atoms in total. The fourth-order valence-corrected chi connectivity index (χ4v) is 3.55. The molecule has 1 fully saturated rings. The van der Waals surface area contributed by atoms with Crippen molar-refractivity contribution >= 4 is 0 Å². The van der Waals surface area contributed by atoms with Gasteiger partial charge < -0.3 is 0 Å². The molecule has 1 saturated heterocycles. The van der Waals surface area contributed by atoms with Crippen LogP contribution in [0.3, 0.4) is 0 Å². The van der Waals surface area contributed by atoms with E-state index in [0.717, 1.165) is 18.5 Å². The van der Waals surface area contributed by atoms with Gasteiger partial charge in [-0.2, -0.15) is 5.10 Å². The third-order valence-electron chi connectivity index (χ3n) is 4.69. The minimum atomic E-state index is 0.0691. The van der Waals surface area contributed by atoms with Crippen LogP contribution in [0, 0.1) is 0 Å². The van der Waals surface area contributed by atoms with Crippen LogP contribution >= 0.6 is 0 Å². The Hall–Kier alpha value is -0.910. The van der Waals surface area contributed by atoms with Gasteiger partial charge in [-0.1, -0.05) is 13.8 Å².